The van der Waals surface area contributed by atoms with E-state index in [0.717, 1.165) is 18.5 Å². The van der Waals surface area contributed by atoms with Crippen LogP contribution in [0, 0.1) is 0 Å². The van der Waals surface area contributed by atoms with E-state index in [0.29, 0.717) is 42.2 Å². The van der Waals surface area contributed by atoms with Crippen LogP contribution in [-0.4, -0.2) is 37.2 Å². The largest absolute Gasteiger partial charge is 0.486 e. The summed E-state index contributed by atoms with van der Waals surface area (Å²) in [6.07, 6.45) is 1.02. The molecule has 0 saturated heterocycles. The molecule has 108 valence electrons. The Labute approximate surface area is 123 Å². The Bertz CT molecular complexity index is 547. The van der Waals surface area contributed by atoms with E-state index in [9.17, 15) is 0 Å². The molecule has 20 heavy (non-hydrogen) atoms. The van der Waals surface area contributed by atoms with Gasteiger partial charge in [0.1, 0.15) is 13.2 Å². The van der Waals surface area contributed by atoms with Crippen LogP contribution in [0.5, 0.6) is 11.5 Å². The fourth-order valence-corrected chi connectivity index (χ4v) is 2.92. The van der Waals surface area contributed by atoms with Gasteiger partial charge < -0.3 is 20.1 Å². The monoisotopic (exact) mass is 295 g/mol. The van der Waals surface area contributed by atoms with E-state index in [1.807, 2.05) is 12.1 Å². The van der Waals surface area contributed by atoms with Gasteiger partial charge in [0, 0.05) is 6.54 Å². The number of rotatable bonds is 3. The van der Waals surface area contributed by atoms with Crippen molar-refractivity contribution in [2.24, 2.45) is 10.7 Å². The van der Waals surface area contributed by atoms with Gasteiger partial charge in [-0.2, -0.15) is 0 Å². The third-order valence-electron chi connectivity index (χ3n) is 3.57. The van der Waals surface area contributed by atoms with E-state index in [1.165, 1.54) is 0 Å². The fraction of sp³-hybridized carbons (Fsp3) is 0.500. The molecule has 0 aliphatic carbocycles. The van der Waals surface area contributed by atoms with E-state index in [1.54, 1.807) is 0 Å². The molecule has 2 heterocycles. The van der Waals surface area contributed by atoms with Gasteiger partial charge in [-0.3, -0.25) is 4.99 Å². The zero-order valence-electron chi connectivity index (χ0n) is 11.4. The van der Waals surface area contributed by atoms with Gasteiger partial charge in [-0.1, -0.05) is 18.5 Å². The fourth-order valence-electron chi connectivity index (χ4n) is 2.65. The lowest BCUT2D eigenvalue weighted by Gasteiger charge is -2.28. The van der Waals surface area contributed by atoms with Gasteiger partial charge in [0.15, 0.2) is 17.5 Å². The van der Waals surface area contributed by atoms with Crippen LogP contribution in [0.25, 0.3) is 0 Å². The highest BCUT2D eigenvalue weighted by Gasteiger charge is 2.29. The quantitative estimate of drug-likeness (QED) is 0.928. The highest BCUT2D eigenvalue weighted by Crippen LogP contribution is 2.41. The second-order valence-corrected chi connectivity index (χ2v) is 5.34. The van der Waals surface area contributed by atoms with Gasteiger partial charge in [-0.15, -0.1) is 0 Å². The number of aliphatic imine (C=N–C) groups is 1. The number of nitrogens with zero attached hydrogens (tertiary/aromatic N) is 2. The summed E-state index contributed by atoms with van der Waals surface area (Å²) in [5, 5.41) is 0.583. The van der Waals surface area contributed by atoms with Crippen LogP contribution in [-0.2, 0) is 0 Å². The van der Waals surface area contributed by atoms with Gasteiger partial charge in [0.2, 0.25) is 0 Å². The lowest BCUT2D eigenvalue weighted by molar-refractivity contribution is 0.171. The molecule has 0 spiro atoms. The summed E-state index contributed by atoms with van der Waals surface area (Å²) in [7, 11) is 0. The molecule has 6 heteroatoms. The Kier molecular flexibility index (Phi) is 3.61. The Morgan fingerprint density at radius 1 is 1.40 bits per heavy atom. The maximum atomic E-state index is 6.29. The number of nitrogens with two attached hydrogens (primary N) is 1. The zero-order chi connectivity index (χ0) is 14.1. The Balaban J connectivity index is 1.92. The average molecular weight is 296 g/mol. The minimum atomic E-state index is 0.128. The van der Waals surface area contributed by atoms with Crippen LogP contribution in [0.2, 0.25) is 5.02 Å². The molecule has 0 amide bonds. The molecule has 1 aromatic rings. The van der Waals surface area contributed by atoms with E-state index < -0.39 is 0 Å². The Morgan fingerprint density at radius 3 is 3.00 bits per heavy atom. The van der Waals surface area contributed by atoms with Crippen molar-refractivity contribution in [2.45, 2.75) is 19.4 Å². The first-order chi connectivity index (χ1) is 9.70. The molecule has 5 nitrogen and oxygen atoms in total. The van der Waals surface area contributed by atoms with E-state index in [2.05, 4.69) is 16.8 Å². The number of fused-ring (bicyclic) bond motifs is 1. The van der Waals surface area contributed by atoms with Crippen molar-refractivity contribution in [1.82, 2.24) is 4.90 Å². The predicted octanol–water partition coefficient (Wildman–Crippen LogP) is 2.19. The van der Waals surface area contributed by atoms with Crippen molar-refractivity contribution in [3.63, 3.8) is 0 Å². The van der Waals surface area contributed by atoms with Gasteiger partial charge in [-0.05, 0) is 24.1 Å². The van der Waals surface area contributed by atoms with Crippen molar-refractivity contribution in [3.05, 3.63) is 22.7 Å². The van der Waals surface area contributed by atoms with Gasteiger partial charge in [0.05, 0.1) is 17.6 Å². The first kappa shape index (κ1) is 13.4. The number of hydrogen-bond donors (Lipinski definition) is 1. The predicted molar refractivity (Wildman–Crippen MR) is 78.7 cm³/mol. The standard InChI is InChI=1S/C14H18ClN3O2/c1-2-3-18-11(8-17-14(18)16)9-6-10(15)13-12(7-9)19-4-5-20-13/h6-7,11H,2-5,8H2,1H3,(H2,16,17). The normalized spacial score (nSPS) is 21.0. The molecule has 0 fully saturated rings. The van der Waals surface area contributed by atoms with Crippen LogP contribution in [0.4, 0.5) is 0 Å². The van der Waals surface area contributed by atoms with Crippen molar-refractivity contribution in [1.29, 1.82) is 0 Å². The molecule has 0 radical (unpaired) electrons. The second kappa shape index (κ2) is 5.40. The number of hydrogen-bond acceptors (Lipinski definition) is 5. The molecule has 0 bridgehead atoms. The summed E-state index contributed by atoms with van der Waals surface area (Å²) in [6.45, 7) is 4.75. The van der Waals surface area contributed by atoms with Crippen molar-refractivity contribution >= 4 is 17.6 Å². The summed E-state index contributed by atoms with van der Waals surface area (Å²) in [5.74, 6) is 1.94. The molecule has 3 rings (SSSR count). The highest BCUT2D eigenvalue weighted by atomic mass is 35.5. The number of ether oxygens (including phenoxy) is 2. The molecule has 0 saturated carbocycles. The molecule has 1 atom stereocenters. The van der Waals surface area contributed by atoms with Crippen LogP contribution in [0.15, 0.2) is 17.1 Å². The van der Waals surface area contributed by atoms with Gasteiger partial charge in [-0.25, -0.2) is 0 Å². The lowest BCUT2D eigenvalue weighted by Crippen LogP contribution is -2.36. The first-order valence-electron chi connectivity index (χ1n) is 6.86. The first-order valence-corrected chi connectivity index (χ1v) is 7.24. The maximum absolute atomic E-state index is 6.29. The average Bonchev–Trinajstić information content (AvgIpc) is 2.81. The van der Waals surface area contributed by atoms with Crippen LogP contribution in [0.3, 0.4) is 0 Å². The smallest absolute Gasteiger partial charge is 0.191 e. The van der Waals surface area contributed by atoms with Crippen LogP contribution < -0.4 is 15.2 Å². The zero-order valence-corrected chi connectivity index (χ0v) is 12.2. The summed E-state index contributed by atoms with van der Waals surface area (Å²) in [6, 6.07) is 4.04. The molecule has 1 unspecified atom stereocenters. The molecular formula is C14H18ClN3O2. The summed E-state index contributed by atoms with van der Waals surface area (Å²) < 4.78 is 11.2. The molecule has 2 aliphatic heterocycles. The summed E-state index contributed by atoms with van der Waals surface area (Å²) >= 11 is 6.29. The number of benzene rings is 1. The van der Waals surface area contributed by atoms with E-state index >= 15 is 0 Å². The third-order valence-corrected chi connectivity index (χ3v) is 3.85. The van der Waals surface area contributed by atoms with Gasteiger partial charge >= 0.3 is 0 Å². The molecule has 2 aliphatic rings. The number of guanidine groups is 1. The Morgan fingerprint density at radius 2 is 2.20 bits per heavy atom. The minimum Gasteiger partial charge on any atom is -0.486 e. The Hall–Kier alpha value is -1.62. The minimum absolute atomic E-state index is 0.128. The van der Waals surface area contributed by atoms with Crippen molar-refractivity contribution < 1.29 is 9.47 Å². The maximum Gasteiger partial charge on any atom is 0.191 e. The molecular weight excluding hydrogens is 278 g/mol. The summed E-state index contributed by atoms with van der Waals surface area (Å²) in [4.78, 5) is 6.45. The van der Waals surface area contributed by atoms with Crippen molar-refractivity contribution in [2.75, 3.05) is 26.3 Å². The van der Waals surface area contributed by atoms with E-state index in [4.69, 9.17) is 26.8 Å². The highest BCUT2D eigenvalue weighted by molar-refractivity contribution is 6.32. The van der Waals surface area contributed by atoms with Crippen LogP contribution >= 0.6 is 11.6 Å². The van der Waals surface area contributed by atoms with Crippen molar-refractivity contribution in [3.8, 4) is 11.5 Å². The third kappa shape index (κ3) is 2.26. The molecule has 2 N–H and O–H groups in total. The lowest BCUT2D eigenvalue weighted by atomic mass is 10.0. The molecule has 0 aromatic heterocycles. The topological polar surface area (TPSA) is 60.1 Å². The second-order valence-electron chi connectivity index (χ2n) is 4.93. The SMILES string of the molecule is CCCN1C(N)=NCC1c1cc(Cl)c2c(c1)OCCO2. The number of halogens is 1. The molecule has 1 aromatic carbocycles. The van der Waals surface area contributed by atoms with E-state index in [-0.39, 0.29) is 6.04 Å². The van der Waals surface area contributed by atoms with Crippen LogP contribution in [0.1, 0.15) is 24.9 Å². The van der Waals surface area contributed by atoms with Gasteiger partial charge in [0.25, 0.3) is 0 Å². The summed E-state index contributed by atoms with van der Waals surface area (Å²) in [5.41, 5.74) is 7.02.